The summed E-state index contributed by atoms with van der Waals surface area (Å²) in [4.78, 5) is 17.5. The number of hydrogen-bond acceptors (Lipinski definition) is 5. The van der Waals surface area contributed by atoms with Crippen LogP contribution in [0.1, 0.15) is 17.3 Å². The van der Waals surface area contributed by atoms with Crippen LogP contribution in [-0.4, -0.2) is 25.9 Å². The van der Waals surface area contributed by atoms with Crippen molar-refractivity contribution in [3.63, 3.8) is 0 Å². The Balaban J connectivity index is 1.38. The second-order valence-corrected chi connectivity index (χ2v) is 10.5. The number of rotatable bonds is 6. The van der Waals surface area contributed by atoms with Crippen LogP contribution >= 0.6 is 11.3 Å². The summed E-state index contributed by atoms with van der Waals surface area (Å²) in [6.07, 6.45) is 0. The molecule has 0 saturated heterocycles. The molecule has 0 spiro atoms. The average Bonchev–Trinajstić information content (AvgIpc) is 3.28. The third-order valence-electron chi connectivity index (χ3n) is 5.54. The average molecular weight is 488 g/mol. The minimum Gasteiger partial charge on any atom is -0.298 e. The molecule has 0 aliphatic rings. The van der Waals surface area contributed by atoms with Gasteiger partial charge >= 0.3 is 0 Å². The number of anilines is 2. The van der Waals surface area contributed by atoms with E-state index in [9.17, 15) is 13.2 Å². The standard InChI is InChI=1S/C26H21N3O3S2/c1-2-29(20-9-4-3-5-10-20)34(31,32)21-15-12-19(13-16-21)25(30)28-26-27-23-17-14-18-8-6-7-11-22(18)24(23)33-26/h3-17H,2H2,1H3,(H,27,28,30). The smallest absolute Gasteiger partial charge is 0.264 e. The third-order valence-corrected chi connectivity index (χ3v) is 8.47. The Morgan fingerprint density at radius 2 is 1.62 bits per heavy atom. The highest BCUT2D eigenvalue weighted by Gasteiger charge is 2.24. The van der Waals surface area contributed by atoms with E-state index < -0.39 is 10.0 Å². The second kappa shape index (κ2) is 8.89. The molecule has 0 aliphatic carbocycles. The molecule has 170 valence electrons. The van der Waals surface area contributed by atoms with Crippen LogP contribution in [0.25, 0.3) is 21.0 Å². The summed E-state index contributed by atoms with van der Waals surface area (Å²) < 4.78 is 28.7. The molecule has 1 aromatic heterocycles. The van der Waals surface area contributed by atoms with Gasteiger partial charge in [-0.1, -0.05) is 59.9 Å². The Labute approximate surface area is 201 Å². The first-order chi connectivity index (χ1) is 16.5. The van der Waals surface area contributed by atoms with Crippen LogP contribution in [0.2, 0.25) is 0 Å². The van der Waals surface area contributed by atoms with Crippen molar-refractivity contribution in [3.8, 4) is 0 Å². The number of thiazole rings is 1. The van der Waals surface area contributed by atoms with E-state index in [4.69, 9.17) is 0 Å². The fourth-order valence-corrected chi connectivity index (χ4v) is 6.34. The Morgan fingerprint density at radius 1 is 0.912 bits per heavy atom. The van der Waals surface area contributed by atoms with Crippen molar-refractivity contribution in [2.75, 3.05) is 16.2 Å². The molecule has 8 heteroatoms. The van der Waals surface area contributed by atoms with Gasteiger partial charge in [0.25, 0.3) is 15.9 Å². The maximum Gasteiger partial charge on any atom is 0.264 e. The number of benzene rings is 4. The largest absolute Gasteiger partial charge is 0.298 e. The number of carbonyl (C=O) groups is 1. The molecule has 0 unspecified atom stereocenters. The van der Waals surface area contributed by atoms with Crippen LogP contribution < -0.4 is 9.62 Å². The Kier molecular flexibility index (Phi) is 5.77. The van der Waals surface area contributed by atoms with E-state index in [1.807, 2.05) is 42.5 Å². The third kappa shape index (κ3) is 4.02. The fourth-order valence-electron chi connectivity index (χ4n) is 3.87. The van der Waals surface area contributed by atoms with Gasteiger partial charge in [0.2, 0.25) is 0 Å². The maximum absolute atomic E-state index is 13.2. The number of amides is 1. The van der Waals surface area contributed by atoms with Crippen molar-refractivity contribution in [2.45, 2.75) is 11.8 Å². The first kappa shape index (κ1) is 22.1. The summed E-state index contributed by atoms with van der Waals surface area (Å²) in [5.41, 5.74) is 1.77. The van der Waals surface area contributed by atoms with E-state index in [1.165, 1.54) is 39.9 Å². The zero-order valence-corrected chi connectivity index (χ0v) is 19.9. The number of fused-ring (bicyclic) bond motifs is 3. The van der Waals surface area contributed by atoms with Gasteiger partial charge in [-0.3, -0.25) is 14.4 Å². The highest BCUT2D eigenvalue weighted by Crippen LogP contribution is 2.33. The van der Waals surface area contributed by atoms with Crippen molar-refractivity contribution < 1.29 is 13.2 Å². The van der Waals surface area contributed by atoms with Gasteiger partial charge in [0.05, 0.1) is 20.8 Å². The lowest BCUT2D eigenvalue weighted by Crippen LogP contribution is -2.30. The zero-order valence-electron chi connectivity index (χ0n) is 18.3. The quantitative estimate of drug-likeness (QED) is 0.323. The van der Waals surface area contributed by atoms with Crippen molar-refractivity contribution >= 4 is 59.1 Å². The predicted octanol–water partition coefficient (Wildman–Crippen LogP) is 5.92. The van der Waals surface area contributed by atoms with Gasteiger partial charge in [-0.2, -0.15) is 0 Å². The second-order valence-electron chi connectivity index (χ2n) is 7.64. The maximum atomic E-state index is 13.2. The van der Waals surface area contributed by atoms with Crippen LogP contribution in [0, 0.1) is 0 Å². The summed E-state index contributed by atoms with van der Waals surface area (Å²) >= 11 is 1.42. The van der Waals surface area contributed by atoms with E-state index in [2.05, 4.69) is 10.3 Å². The summed E-state index contributed by atoms with van der Waals surface area (Å²) in [5.74, 6) is -0.345. The Morgan fingerprint density at radius 3 is 2.35 bits per heavy atom. The number of aromatic nitrogens is 1. The molecule has 5 aromatic rings. The molecular weight excluding hydrogens is 466 g/mol. The zero-order chi connectivity index (χ0) is 23.7. The highest BCUT2D eigenvalue weighted by atomic mass is 32.2. The Bertz CT molecular complexity index is 1600. The molecule has 0 saturated carbocycles. The molecule has 1 heterocycles. The summed E-state index contributed by atoms with van der Waals surface area (Å²) in [6.45, 7) is 2.08. The summed E-state index contributed by atoms with van der Waals surface area (Å²) in [5, 5.41) is 5.54. The molecule has 0 atom stereocenters. The molecular formula is C26H21N3O3S2. The van der Waals surface area contributed by atoms with Gasteiger partial charge in [-0.15, -0.1) is 0 Å². The van der Waals surface area contributed by atoms with Gasteiger partial charge in [0, 0.05) is 17.5 Å². The molecule has 34 heavy (non-hydrogen) atoms. The molecule has 5 rings (SSSR count). The molecule has 1 amide bonds. The fraction of sp³-hybridized carbons (Fsp3) is 0.0769. The summed E-state index contributed by atoms with van der Waals surface area (Å²) in [6, 6.07) is 26.9. The van der Waals surface area contributed by atoms with Crippen LogP contribution in [0.3, 0.4) is 0 Å². The highest BCUT2D eigenvalue weighted by molar-refractivity contribution is 7.92. The number of carbonyl (C=O) groups excluding carboxylic acids is 1. The van der Waals surface area contributed by atoms with Gasteiger partial charge in [-0.25, -0.2) is 13.4 Å². The van der Waals surface area contributed by atoms with Gasteiger partial charge in [0.15, 0.2) is 5.13 Å². The van der Waals surface area contributed by atoms with Crippen molar-refractivity contribution in [2.24, 2.45) is 0 Å². The summed E-state index contributed by atoms with van der Waals surface area (Å²) in [7, 11) is -3.75. The van der Waals surface area contributed by atoms with Gasteiger partial charge in [-0.05, 0) is 54.8 Å². The first-order valence-electron chi connectivity index (χ1n) is 10.7. The van der Waals surface area contributed by atoms with E-state index in [0.717, 1.165) is 21.0 Å². The number of nitrogens with zero attached hydrogens (tertiary/aromatic N) is 2. The SMILES string of the molecule is CCN(c1ccccc1)S(=O)(=O)c1ccc(C(=O)Nc2nc3ccc4ccccc4c3s2)cc1. The van der Waals surface area contributed by atoms with Crippen LogP contribution in [0.15, 0.2) is 95.9 Å². The lowest BCUT2D eigenvalue weighted by molar-refractivity contribution is 0.102. The Hall–Kier alpha value is -3.75. The van der Waals surface area contributed by atoms with Crippen LogP contribution in [-0.2, 0) is 10.0 Å². The molecule has 0 radical (unpaired) electrons. The monoisotopic (exact) mass is 487 g/mol. The van der Waals surface area contributed by atoms with E-state index in [0.29, 0.717) is 22.9 Å². The minimum absolute atomic E-state index is 0.126. The lowest BCUT2D eigenvalue weighted by Gasteiger charge is -2.22. The minimum atomic E-state index is -3.75. The molecule has 0 fully saturated rings. The van der Waals surface area contributed by atoms with Gasteiger partial charge in [0.1, 0.15) is 0 Å². The van der Waals surface area contributed by atoms with Crippen molar-refractivity contribution in [1.82, 2.24) is 4.98 Å². The number of para-hydroxylation sites is 1. The van der Waals surface area contributed by atoms with Crippen LogP contribution in [0.4, 0.5) is 10.8 Å². The number of hydrogen-bond donors (Lipinski definition) is 1. The first-order valence-corrected chi connectivity index (χ1v) is 13.0. The van der Waals surface area contributed by atoms with Crippen molar-refractivity contribution in [3.05, 3.63) is 96.6 Å². The molecule has 6 nitrogen and oxygen atoms in total. The molecule has 0 aliphatic heterocycles. The number of nitrogens with one attached hydrogen (secondary N) is 1. The van der Waals surface area contributed by atoms with E-state index in [-0.39, 0.29) is 10.8 Å². The molecule has 0 bridgehead atoms. The van der Waals surface area contributed by atoms with Gasteiger partial charge < -0.3 is 0 Å². The van der Waals surface area contributed by atoms with Crippen LogP contribution in [0.5, 0.6) is 0 Å². The lowest BCUT2D eigenvalue weighted by atomic mass is 10.1. The van der Waals surface area contributed by atoms with Crippen molar-refractivity contribution in [1.29, 1.82) is 0 Å². The molecule has 4 aromatic carbocycles. The normalized spacial score (nSPS) is 11.6. The predicted molar refractivity (Wildman–Crippen MR) is 138 cm³/mol. The number of sulfonamides is 1. The van der Waals surface area contributed by atoms with E-state index >= 15 is 0 Å². The van der Waals surface area contributed by atoms with E-state index in [1.54, 1.807) is 31.2 Å². The topological polar surface area (TPSA) is 79.4 Å². The molecule has 1 N–H and O–H groups in total.